The maximum absolute atomic E-state index is 5.91. The van der Waals surface area contributed by atoms with E-state index in [1.54, 1.807) is 18.0 Å². The van der Waals surface area contributed by atoms with E-state index in [2.05, 4.69) is 26.7 Å². The molecule has 0 radical (unpaired) electrons. The van der Waals surface area contributed by atoms with Crippen molar-refractivity contribution in [3.8, 4) is 11.4 Å². The monoisotopic (exact) mass is 330 g/mol. The van der Waals surface area contributed by atoms with Gasteiger partial charge in [-0.3, -0.25) is 4.98 Å². The highest BCUT2D eigenvalue weighted by atomic mass is 35.5. The van der Waals surface area contributed by atoms with Crippen molar-refractivity contribution in [1.82, 2.24) is 19.7 Å². The summed E-state index contributed by atoms with van der Waals surface area (Å²) in [5.74, 6) is 1.69. The van der Waals surface area contributed by atoms with Gasteiger partial charge in [-0.2, -0.15) is 0 Å². The highest BCUT2D eigenvalue weighted by Gasteiger charge is 2.13. The van der Waals surface area contributed by atoms with Crippen LogP contribution in [0.25, 0.3) is 11.4 Å². The van der Waals surface area contributed by atoms with Gasteiger partial charge in [0.15, 0.2) is 11.0 Å². The van der Waals surface area contributed by atoms with E-state index < -0.39 is 0 Å². The molecule has 22 heavy (non-hydrogen) atoms. The predicted molar refractivity (Wildman–Crippen MR) is 89.9 cm³/mol. The number of thioether (sulfide) groups is 1. The van der Waals surface area contributed by atoms with Gasteiger partial charge in [-0.1, -0.05) is 35.5 Å². The first-order valence-corrected chi connectivity index (χ1v) is 8.35. The maximum Gasteiger partial charge on any atom is 0.191 e. The molecule has 0 aliphatic heterocycles. The number of pyridine rings is 1. The van der Waals surface area contributed by atoms with E-state index in [9.17, 15) is 0 Å². The minimum atomic E-state index is 0.754. The smallest absolute Gasteiger partial charge is 0.191 e. The molecule has 2 heterocycles. The molecular formula is C16H15ClN4S. The Kier molecular flexibility index (Phi) is 4.75. The fourth-order valence-corrected chi connectivity index (χ4v) is 3.20. The van der Waals surface area contributed by atoms with E-state index in [-0.39, 0.29) is 0 Å². The second kappa shape index (κ2) is 6.94. The zero-order valence-corrected chi connectivity index (χ0v) is 13.7. The van der Waals surface area contributed by atoms with Crippen molar-refractivity contribution >= 4 is 23.4 Å². The molecule has 0 unspecified atom stereocenters. The second-order valence-corrected chi connectivity index (χ2v) is 6.09. The largest absolute Gasteiger partial charge is 0.302 e. The Morgan fingerprint density at radius 3 is 2.64 bits per heavy atom. The lowest BCUT2D eigenvalue weighted by Gasteiger charge is -2.07. The van der Waals surface area contributed by atoms with E-state index in [1.807, 2.05) is 42.6 Å². The van der Waals surface area contributed by atoms with Gasteiger partial charge < -0.3 is 4.57 Å². The van der Waals surface area contributed by atoms with Gasteiger partial charge in [-0.25, -0.2) is 0 Å². The molecule has 0 amide bonds. The van der Waals surface area contributed by atoms with Crippen LogP contribution in [-0.2, 0) is 12.3 Å². The quantitative estimate of drug-likeness (QED) is 0.654. The third-order valence-electron chi connectivity index (χ3n) is 3.23. The highest BCUT2D eigenvalue weighted by Crippen LogP contribution is 2.26. The van der Waals surface area contributed by atoms with Gasteiger partial charge >= 0.3 is 0 Å². The van der Waals surface area contributed by atoms with Crippen LogP contribution >= 0.6 is 23.4 Å². The van der Waals surface area contributed by atoms with Crippen LogP contribution in [-0.4, -0.2) is 19.7 Å². The van der Waals surface area contributed by atoms with Crippen LogP contribution < -0.4 is 0 Å². The van der Waals surface area contributed by atoms with Gasteiger partial charge in [0.2, 0.25) is 0 Å². The number of aromatic nitrogens is 4. The van der Waals surface area contributed by atoms with E-state index in [4.69, 9.17) is 11.6 Å². The Balaban J connectivity index is 1.80. The zero-order valence-electron chi connectivity index (χ0n) is 12.1. The molecule has 0 fully saturated rings. The molecule has 3 aromatic rings. The van der Waals surface area contributed by atoms with Crippen LogP contribution in [0.1, 0.15) is 12.5 Å². The first-order chi connectivity index (χ1) is 10.8. The summed E-state index contributed by atoms with van der Waals surface area (Å²) in [6.07, 6.45) is 3.57. The minimum absolute atomic E-state index is 0.754. The van der Waals surface area contributed by atoms with Crippen molar-refractivity contribution < 1.29 is 0 Å². The Bertz CT molecular complexity index is 741. The standard InChI is InChI=1S/C16H15ClN4S/c1-2-21-15(13-4-3-9-18-10-13)19-20-16(21)22-11-12-5-7-14(17)8-6-12/h3-10H,2,11H2,1H3. The number of hydrogen-bond acceptors (Lipinski definition) is 4. The minimum Gasteiger partial charge on any atom is -0.302 e. The molecule has 3 rings (SSSR count). The van der Waals surface area contributed by atoms with Gasteiger partial charge in [0, 0.05) is 35.3 Å². The first kappa shape index (κ1) is 15.1. The molecule has 0 N–H and O–H groups in total. The van der Waals surface area contributed by atoms with Crippen LogP contribution in [0, 0.1) is 0 Å². The number of halogens is 1. The van der Waals surface area contributed by atoms with Gasteiger partial charge in [0.1, 0.15) is 0 Å². The average Bonchev–Trinajstić information content (AvgIpc) is 2.98. The van der Waals surface area contributed by atoms with E-state index in [0.29, 0.717) is 0 Å². The number of hydrogen-bond donors (Lipinski definition) is 0. The van der Waals surface area contributed by atoms with Crippen LogP contribution in [0.4, 0.5) is 0 Å². The molecule has 0 saturated heterocycles. The average molecular weight is 331 g/mol. The summed E-state index contributed by atoms with van der Waals surface area (Å²) < 4.78 is 2.11. The van der Waals surface area contributed by atoms with E-state index in [0.717, 1.165) is 33.9 Å². The van der Waals surface area contributed by atoms with Crippen molar-refractivity contribution in [2.24, 2.45) is 0 Å². The molecule has 0 aliphatic rings. The molecule has 4 nitrogen and oxygen atoms in total. The molecule has 0 bridgehead atoms. The fourth-order valence-electron chi connectivity index (χ4n) is 2.12. The fraction of sp³-hybridized carbons (Fsp3) is 0.188. The number of benzene rings is 1. The summed E-state index contributed by atoms with van der Waals surface area (Å²) >= 11 is 7.58. The Labute approximate surface area is 138 Å². The predicted octanol–water partition coefficient (Wildman–Crippen LogP) is 4.31. The van der Waals surface area contributed by atoms with Gasteiger partial charge in [0.05, 0.1) is 0 Å². The third kappa shape index (κ3) is 3.31. The Morgan fingerprint density at radius 1 is 1.14 bits per heavy atom. The van der Waals surface area contributed by atoms with Crippen LogP contribution in [0.15, 0.2) is 53.9 Å². The molecule has 0 spiro atoms. The van der Waals surface area contributed by atoms with Crippen LogP contribution in [0.5, 0.6) is 0 Å². The zero-order chi connectivity index (χ0) is 15.4. The van der Waals surface area contributed by atoms with Crippen LogP contribution in [0.3, 0.4) is 0 Å². The Morgan fingerprint density at radius 2 is 1.95 bits per heavy atom. The third-order valence-corrected chi connectivity index (χ3v) is 4.52. The van der Waals surface area contributed by atoms with E-state index in [1.165, 1.54) is 5.56 Å². The van der Waals surface area contributed by atoms with Gasteiger partial charge in [-0.15, -0.1) is 10.2 Å². The van der Waals surface area contributed by atoms with E-state index >= 15 is 0 Å². The van der Waals surface area contributed by atoms with Gasteiger partial charge in [-0.05, 0) is 36.8 Å². The Hall–Kier alpha value is -1.85. The van der Waals surface area contributed by atoms with Crippen molar-refractivity contribution in [1.29, 1.82) is 0 Å². The SMILES string of the molecule is CCn1c(SCc2ccc(Cl)cc2)nnc1-c1cccnc1. The highest BCUT2D eigenvalue weighted by molar-refractivity contribution is 7.98. The molecule has 1 aromatic carbocycles. The summed E-state index contributed by atoms with van der Waals surface area (Å²) in [6.45, 7) is 2.91. The maximum atomic E-state index is 5.91. The van der Waals surface area contributed by atoms with Crippen molar-refractivity contribution in [3.63, 3.8) is 0 Å². The topological polar surface area (TPSA) is 43.6 Å². The lowest BCUT2D eigenvalue weighted by Crippen LogP contribution is -2.00. The molecule has 0 saturated carbocycles. The normalized spacial score (nSPS) is 10.8. The molecule has 0 aliphatic carbocycles. The van der Waals surface area contributed by atoms with Gasteiger partial charge in [0.25, 0.3) is 0 Å². The summed E-state index contributed by atoms with van der Waals surface area (Å²) in [5.41, 5.74) is 2.19. The summed E-state index contributed by atoms with van der Waals surface area (Å²) in [6, 6.07) is 11.8. The van der Waals surface area contributed by atoms with Crippen molar-refractivity contribution in [3.05, 3.63) is 59.4 Å². The lowest BCUT2D eigenvalue weighted by molar-refractivity contribution is 0.687. The summed E-state index contributed by atoms with van der Waals surface area (Å²) in [7, 11) is 0. The lowest BCUT2D eigenvalue weighted by atomic mass is 10.2. The first-order valence-electron chi connectivity index (χ1n) is 6.98. The molecule has 6 heteroatoms. The van der Waals surface area contributed by atoms with Crippen LogP contribution in [0.2, 0.25) is 5.02 Å². The van der Waals surface area contributed by atoms with Crippen molar-refractivity contribution in [2.45, 2.75) is 24.4 Å². The summed E-state index contributed by atoms with van der Waals surface area (Å²) in [4.78, 5) is 4.15. The van der Waals surface area contributed by atoms with Crippen molar-refractivity contribution in [2.75, 3.05) is 0 Å². The number of rotatable bonds is 5. The number of nitrogens with zero attached hydrogens (tertiary/aromatic N) is 4. The molecule has 2 aromatic heterocycles. The molecule has 0 atom stereocenters. The molecular weight excluding hydrogens is 316 g/mol. The second-order valence-electron chi connectivity index (χ2n) is 4.71. The molecule has 112 valence electrons. The summed E-state index contributed by atoms with van der Waals surface area (Å²) in [5, 5.41) is 10.3.